The van der Waals surface area contributed by atoms with Gasteiger partial charge in [0.1, 0.15) is 0 Å². The quantitative estimate of drug-likeness (QED) is 0.782. The van der Waals surface area contributed by atoms with Crippen LogP contribution in [-0.4, -0.2) is 10.2 Å². The number of aromatic nitrogens is 1. The van der Waals surface area contributed by atoms with Crippen LogP contribution in [0.25, 0.3) is 10.9 Å². The van der Waals surface area contributed by atoms with Gasteiger partial charge in [0.15, 0.2) is 0 Å². The summed E-state index contributed by atoms with van der Waals surface area (Å²) in [4.78, 5) is 13.9. The molecular weight excluding hydrogens is 253 g/mol. The molecule has 0 bridgehead atoms. The fourth-order valence-electron chi connectivity index (χ4n) is 1.26. The molecule has 1 aromatic heterocycles. The minimum absolute atomic E-state index is 0.437. The summed E-state index contributed by atoms with van der Waals surface area (Å²) in [5.74, 6) is 0. The lowest BCUT2D eigenvalue weighted by Gasteiger charge is -1.92. The van der Waals surface area contributed by atoms with E-state index in [1.165, 1.54) is 0 Å². The van der Waals surface area contributed by atoms with Crippen LogP contribution in [0.5, 0.6) is 0 Å². The van der Waals surface area contributed by atoms with Crippen molar-refractivity contribution < 1.29 is 4.79 Å². The molecule has 0 unspecified atom stereocenters. The Bertz CT molecular complexity index is 477. The number of benzene rings is 1. The third-order valence-corrected chi connectivity index (χ3v) is 2.55. The molecule has 1 N–H and O–H groups in total. The van der Waals surface area contributed by atoms with Crippen molar-refractivity contribution in [3.63, 3.8) is 0 Å². The minimum Gasteiger partial charge on any atom is -0.360 e. The van der Waals surface area contributed by atoms with Crippen LogP contribution in [0.1, 0.15) is 10.4 Å². The summed E-state index contributed by atoms with van der Waals surface area (Å²) < 4.78 is 0.968. The zero-order valence-corrected chi connectivity index (χ0v) is 8.82. The van der Waals surface area contributed by atoms with E-state index in [1.807, 2.05) is 18.2 Å². The van der Waals surface area contributed by atoms with Gasteiger partial charge in [-0.1, -0.05) is 22.0 Å². The van der Waals surface area contributed by atoms with Gasteiger partial charge in [0, 0.05) is 21.6 Å². The maximum Gasteiger partial charge on any atom is 0.254 e. The van der Waals surface area contributed by atoms with E-state index in [0.29, 0.717) is 5.56 Å². The van der Waals surface area contributed by atoms with Gasteiger partial charge in [-0.25, -0.2) is 0 Å². The molecule has 0 saturated carbocycles. The average molecular weight is 259 g/mol. The van der Waals surface area contributed by atoms with Gasteiger partial charge < -0.3 is 4.98 Å². The fourth-order valence-corrected chi connectivity index (χ4v) is 1.78. The van der Waals surface area contributed by atoms with Gasteiger partial charge in [0.05, 0.1) is 5.56 Å². The normalized spacial score (nSPS) is 10.6. The summed E-state index contributed by atoms with van der Waals surface area (Å²) in [6, 6.07) is 5.63. The Morgan fingerprint density at radius 2 is 2.23 bits per heavy atom. The molecule has 66 valence electrons. The van der Waals surface area contributed by atoms with Crippen molar-refractivity contribution in [1.82, 2.24) is 4.98 Å². The van der Waals surface area contributed by atoms with Crippen molar-refractivity contribution in [2.75, 3.05) is 0 Å². The van der Waals surface area contributed by atoms with Gasteiger partial charge in [-0.05, 0) is 23.7 Å². The number of rotatable bonds is 1. The van der Waals surface area contributed by atoms with E-state index >= 15 is 0 Å². The van der Waals surface area contributed by atoms with Gasteiger partial charge in [0.25, 0.3) is 5.24 Å². The van der Waals surface area contributed by atoms with Gasteiger partial charge >= 0.3 is 0 Å². The van der Waals surface area contributed by atoms with Crippen molar-refractivity contribution in [2.24, 2.45) is 0 Å². The predicted octanol–water partition coefficient (Wildman–Crippen LogP) is 3.31. The molecule has 1 aromatic carbocycles. The number of hydrogen-bond donors (Lipinski definition) is 1. The molecule has 2 rings (SSSR count). The Balaban J connectivity index is 2.76. The summed E-state index contributed by atoms with van der Waals surface area (Å²) >= 11 is 8.73. The maximum atomic E-state index is 10.9. The van der Waals surface area contributed by atoms with E-state index in [9.17, 15) is 4.79 Å². The number of carbonyl (C=O) groups excluding carboxylic acids is 1. The summed E-state index contributed by atoms with van der Waals surface area (Å²) in [6.07, 6.45) is 1.62. The van der Waals surface area contributed by atoms with E-state index in [4.69, 9.17) is 11.6 Å². The minimum atomic E-state index is -0.437. The van der Waals surface area contributed by atoms with E-state index in [0.717, 1.165) is 15.4 Å². The van der Waals surface area contributed by atoms with Crippen LogP contribution < -0.4 is 0 Å². The molecule has 0 spiro atoms. The lowest BCUT2D eigenvalue weighted by molar-refractivity contribution is 0.108. The van der Waals surface area contributed by atoms with E-state index in [2.05, 4.69) is 20.9 Å². The number of H-pyrrole nitrogens is 1. The molecule has 0 aliphatic carbocycles. The molecule has 0 atom stereocenters. The average Bonchev–Trinajstić information content (AvgIpc) is 2.46. The lowest BCUT2D eigenvalue weighted by Crippen LogP contribution is -1.84. The zero-order chi connectivity index (χ0) is 9.42. The largest absolute Gasteiger partial charge is 0.360 e. The molecular formula is C9H5BrClNO. The van der Waals surface area contributed by atoms with Crippen LogP contribution in [0.4, 0.5) is 0 Å². The first-order chi connectivity index (χ1) is 6.18. The molecule has 0 radical (unpaired) electrons. The predicted molar refractivity (Wildman–Crippen MR) is 56.2 cm³/mol. The lowest BCUT2D eigenvalue weighted by atomic mass is 10.2. The van der Waals surface area contributed by atoms with Gasteiger partial charge in [-0.3, -0.25) is 4.79 Å². The topological polar surface area (TPSA) is 32.9 Å². The Kier molecular flexibility index (Phi) is 2.14. The summed E-state index contributed by atoms with van der Waals surface area (Å²) in [7, 11) is 0. The number of hydrogen-bond acceptors (Lipinski definition) is 1. The van der Waals surface area contributed by atoms with Gasteiger partial charge in [-0.2, -0.15) is 0 Å². The molecule has 0 aliphatic heterocycles. The molecule has 2 nitrogen and oxygen atoms in total. The Hall–Kier alpha value is -0.800. The highest BCUT2D eigenvalue weighted by atomic mass is 79.9. The van der Waals surface area contributed by atoms with Crippen LogP contribution in [0, 0.1) is 0 Å². The number of aromatic amines is 1. The zero-order valence-electron chi connectivity index (χ0n) is 6.47. The van der Waals surface area contributed by atoms with Gasteiger partial charge in [0.2, 0.25) is 0 Å². The Morgan fingerprint density at radius 1 is 1.46 bits per heavy atom. The van der Waals surface area contributed by atoms with Crippen LogP contribution in [-0.2, 0) is 0 Å². The first-order valence-corrected chi connectivity index (χ1v) is 4.82. The number of fused-ring (bicyclic) bond motifs is 1. The number of nitrogens with one attached hydrogen (secondary N) is 1. The van der Waals surface area contributed by atoms with Crippen LogP contribution in [0.2, 0.25) is 0 Å². The molecule has 0 saturated heterocycles. The highest BCUT2D eigenvalue weighted by Gasteiger charge is 2.08. The van der Waals surface area contributed by atoms with Crippen LogP contribution in [0.15, 0.2) is 28.9 Å². The molecule has 13 heavy (non-hydrogen) atoms. The first kappa shape index (κ1) is 8.78. The van der Waals surface area contributed by atoms with Gasteiger partial charge in [-0.15, -0.1) is 0 Å². The monoisotopic (exact) mass is 257 g/mol. The molecule has 0 aliphatic rings. The van der Waals surface area contributed by atoms with Crippen LogP contribution in [0.3, 0.4) is 0 Å². The second-order valence-corrected chi connectivity index (χ2v) is 3.92. The van der Waals surface area contributed by atoms with Crippen molar-refractivity contribution in [3.8, 4) is 0 Å². The standard InChI is InChI=1S/C9H5BrClNO/c10-5-1-2-6-7(9(11)13)4-12-8(6)3-5/h1-4,12H. The Labute approximate surface area is 88.0 Å². The second-order valence-electron chi connectivity index (χ2n) is 2.67. The smallest absolute Gasteiger partial charge is 0.254 e. The third-order valence-electron chi connectivity index (χ3n) is 1.86. The number of halogens is 2. The third kappa shape index (κ3) is 1.49. The van der Waals surface area contributed by atoms with Crippen molar-refractivity contribution in [3.05, 3.63) is 34.4 Å². The van der Waals surface area contributed by atoms with Crippen molar-refractivity contribution >= 4 is 43.7 Å². The fraction of sp³-hybridized carbons (Fsp3) is 0. The summed E-state index contributed by atoms with van der Waals surface area (Å²) in [6.45, 7) is 0. The summed E-state index contributed by atoms with van der Waals surface area (Å²) in [5, 5.41) is 0.414. The summed E-state index contributed by atoms with van der Waals surface area (Å²) in [5.41, 5.74) is 1.42. The number of carbonyl (C=O) groups is 1. The van der Waals surface area contributed by atoms with E-state index in [-0.39, 0.29) is 0 Å². The molecule has 2 aromatic rings. The SMILES string of the molecule is O=C(Cl)c1c[nH]c2cc(Br)ccc12. The van der Waals surface area contributed by atoms with E-state index < -0.39 is 5.24 Å². The van der Waals surface area contributed by atoms with Crippen molar-refractivity contribution in [2.45, 2.75) is 0 Å². The second kappa shape index (κ2) is 3.16. The Morgan fingerprint density at radius 3 is 2.92 bits per heavy atom. The first-order valence-electron chi connectivity index (χ1n) is 3.65. The molecule has 0 amide bonds. The van der Waals surface area contributed by atoms with E-state index in [1.54, 1.807) is 6.20 Å². The maximum absolute atomic E-state index is 10.9. The highest BCUT2D eigenvalue weighted by Crippen LogP contribution is 2.23. The highest BCUT2D eigenvalue weighted by molar-refractivity contribution is 9.10. The van der Waals surface area contributed by atoms with Crippen molar-refractivity contribution in [1.29, 1.82) is 0 Å². The molecule has 1 heterocycles. The molecule has 0 fully saturated rings. The molecule has 4 heteroatoms. The van der Waals surface area contributed by atoms with Crippen LogP contribution >= 0.6 is 27.5 Å².